The Morgan fingerprint density at radius 1 is 1.38 bits per heavy atom. The fourth-order valence-corrected chi connectivity index (χ4v) is 2.04. The molecule has 0 spiro atoms. The molecule has 2 rings (SSSR count). The fourth-order valence-electron chi connectivity index (χ4n) is 1.75. The van der Waals surface area contributed by atoms with Crippen LogP contribution >= 0.6 is 23.2 Å². The number of anilines is 1. The molecule has 1 aromatic carbocycles. The number of hydrogen-bond acceptors (Lipinski definition) is 3. The van der Waals surface area contributed by atoms with Crippen molar-refractivity contribution in [3.8, 4) is 0 Å². The van der Waals surface area contributed by atoms with Gasteiger partial charge in [-0.05, 0) is 18.2 Å². The third-order valence-corrected chi connectivity index (χ3v) is 3.35. The normalized spacial score (nSPS) is 21.2. The van der Waals surface area contributed by atoms with E-state index in [0.717, 1.165) is 12.2 Å². The van der Waals surface area contributed by atoms with E-state index in [-0.39, 0.29) is 12.7 Å². The van der Waals surface area contributed by atoms with Gasteiger partial charge in [-0.25, -0.2) is 0 Å². The molecular formula is C11H13Cl2NO2. The summed E-state index contributed by atoms with van der Waals surface area (Å²) >= 11 is 11.8. The molecule has 0 bridgehead atoms. The van der Waals surface area contributed by atoms with Crippen molar-refractivity contribution in [2.75, 3.05) is 31.2 Å². The summed E-state index contributed by atoms with van der Waals surface area (Å²) in [7, 11) is 0. The standard InChI is InChI=1S/C11H13Cl2NO2/c12-10-2-1-8(5-11(10)13)14-3-4-16-9(6-14)7-15/h1-2,5,9,15H,3-4,6-7H2. The van der Waals surface area contributed by atoms with Crippen molar-refractivity contribution in [2.45, 2.75) is 6.10 Å². The van der Waals surface area contributed by atoms with E-state index in [1.807, 2.05) is 12.1 Å². The Hall–Kier alpha value is -0.480. The van der Waals surface area contributed by atoms with Crippen LogP contribution in [-0.2, 0) is 4.74 Å². The topological polar surface area (TPSA) is 32.7 Å². The van der Waals surface area contributed by atoms with Crippen LogP contribution in [0.4, 0.5) is 5.69 Å². The van der Waals surface area contributed by atoms with Crippen LogP contribution in [0.1, 0.15) is 0 Å². The maximum Gasteiger partial charge on any atom is 0.0980 e. The van der Waals surface area contributed by atoms with E-state index in [9.17, 15) is 0 Å². The summed E-state index contributed by atoms with van der Waals surface area (Å²) in [5, 5.41) is 10.2. The van der Waals surface area contributed by atoms with E-state index in [4.69, 9.17) is 33.0 Å². The molecule has 0 amide bonds. The Labute approximate surface area is 105 Å². The molecule has 1 N–H and O–H groups in total. The molecule has 1 aliphatic rings. The van der Waals surface area contributed by atoms with Crippen molar-refractivity contribution in [1.82, 2.24) is 0 Å². The number of aliphatic hydroxyl groups is 1. The van der Waals surface area contributed by atoms with Gasteiger partial charge in [0.1, 0.15) is 0 Å². The lowest BCUT2D eigenvalue weighted by molar-refractivity contribution is 0.00357. The highest BCUT2D eigenvalue weighted by Crippen LogP contribution is 2.28. The summed E-state index contributed by atoms with van der Waals surface area (Å²) in [5.41, 5.74) is 1.01. The van der Waals surface area contributed by atoms with Crippen molar-refractivity contribution in [1.29, 1.82) is 0 Å². The highest BCUT2D eigenvalue weighted by atomic mass is 35.5. The van der Waals surface area contributed by atoms with Crippen LogP contribution in [0.5, 0.6) is 0 Å². The second kappa shape index (κ2) is 5.23. The number of nitrogens with zero attached hydrogens (tertiary/aromatic N) is 1. The van der Waals surface area contributed by atoms with E-state index in [1.54, 1.807) is 6.07 Å². The Morgan fingerprint density at radius 3 is 2.88 bits per heavy atom. The second-order valence-electron chi connectivity index (χ2n) is 3.72. The second-order valence-corrected chi connectivity index (χ2v) is 4.53. The zero-order valence-electron chi connectivity index (χ0n) is 8.70. The third-order valence-electron chi connectivity index (χ3n) is 2.61. The minimum Gasteiger partial charge on any atom is -0.394 e. The van der Waals surface area contributed by atoms with Gasteiger partial charge in [-0.1, -0.05) is 23.2 Å². The zero-order valence-corrected chi connectivity index (χ0v) is 10.2. The molecule has 0 radical (unpaired) electrons. The molecule has 1 heterocycles. The average Bonchev–Trinajstić information content (AvgIpc) is 2.33. The fraction of sp³-hybridized carbons (Fsp3) is 0.455. The summed E-state index contributed by atoms with van der Waals surface area (Å²) in [6.45, 7) is 2.13. The van der Waals surface area contributed by atoms with E-state index in [1.165, 1.54) is 0 Å². The van der Waals surface area contributed by atoms with Crippen molar-refractivity contribution in [3.63, 3.8) is 0 Å². The van der Waals surface area contributed by atoms with E-state index in [2.05, 4.69) is 4.90 Å². The lowest BCUT2D eigenvalue weighted by Crippen LogP contribution is -2.44. The maximum atomic E-state index is 9.06. The number of benzene rings is 1. The van der Waals surface area contributed by atoms with Gasteiger partial charge < -0.3 is 14.7 Å². The van der Waals surface area contributed by atoms with Gasteiger partial charge in [0.25, 0.3) is 0 Å². The zero-order chi connectivity index (χ0) is 11.5. The highest BCUT2D eigenvalue weighted by molar-refractivity contribution is 6.42. The molecular weight excluding hydrogens is 249 g/mol. The lowest BCUT2D eigenvalue weighted by atomic mass is 10.2. The molecule has 16 heavy (non-hydrogen) atoms. The van der Waals surface area contributed by atoms with Crippen LogP contribution in [0.2, 0.25) is 10.0 Å². The van der Waals surface area contributed by atoms with Crippen molar-refractivity contribution < 1.29 is 9.84 Å². The van der Waals surface area contributed by atoms with Gasteiger partial charge in [0, 0.05) is 18.8 Å². The molecule has 3 nitrogen and oxygen atoms in total. The molecule has 88 valence electrons. The Kier molecular flexibility index (Phi) is 3.92. The van der Waals surface area contributed by atoms with Crippen LogP contribution in [0.15, 0.2) is 18.2 Å². The van der Waals surface area contributed by atoms with Gasteiger partial charge in [0.2, 0.25) is 0 Å². The van der Waals surface area contributed by atoms with E-state index in [0.29, 0.717) is 23.2 Å². The monoisotopic (exact) mass is 261 g/mol. The molecule has 0 aliphatic carbocycles. The highest BCUT2D eigenvalue weighted by Gasteiger charge is 2.20. The Morgan fingerprint density at radius 2 is 2.19 bits per heavy atom. The molecule has 1 atom stereocenters. The molecule has 1 aliphatic heterocycles. The Bertz CT molecular complexity index is 373. The van der Waals surface area contributed by atoms with Crippen LogP contribution < -0.4 is 4.90 Å². The van der Waals surface area contributed by atoms with Gasteiger partial charge in [-0.3, -0.25) is 0 Å². The SMILES string of the molecule is OCC1CN(c2ccc(Cl)c(Cl)c2)CCO1. The van der Waals surface area contributed by atoms with Crippen LogP contribution in [0.3, 0.4) is 0 Å². The summed E-state index contributed by atoms with van der Waals surface area (Å²) in [4.78, 5) is 2.13. The Balaban J connectivity index is 2.13. The van der Waals surface area contributed by atoms with E-state index < -0.39 is 0 Å². The number of rotatable bonds is 2. The quantitative estimate of drug-likeness (QED) is 0.886. The summed E-state index contributed by atoms with van der Waals surface area (Å²) in [5.74, 6) is 0. The largest absolute Gasteiger partial charge is 0.394 e. The first-order valence-electron chi connectivity index (χ1n) is 5.13. The van der Waals surface area contributed by atoms with Gasteiger partial charge in [0.05, 0.1) is 29.4 Å². The summed E-state index contributed by atoms with van der Waals surface area (Å²) in [6.07, 6.45) is -0.122. The molecule has 1 aromatic rings. The van der Waals surface area contributed by atoms with Crippen molar-refractivity contribution in [3.05, 3.63) is 28.2 Å². The van der Waals surface area contributed by atoms with Gasteiger partial charge in [-0.2, -0.15) is 0 Å². The van der Waals surface area contributed by atoms with Crippen molar-refractivity contribution in [2.24, 2.45) is 0 Å². The van der Waals surface area contributed by atoms with Crippen LogP contribution in [-0.4, -0.2) is 37.5 Å². The smallest absolute Gasteiger partial charge is 0.0980 e. The van der Waals surface area contributed by atoms with E-state index >= 15 is 0 Å². The number of ether oxygens (including phenoxy) is 1. The first-order valence-corrected chi connectivity index (χ1v) is 5.89. The van der Waals surface area contributed by atoms with Gasteiger partial charge >= 0.3 is 0 Å². The molecule has 0 saturated carbocycles. The number of hydrogen-bond donors (Lipinski definition) is 1. The molecule has 0 aromatic heterocycles. The number of morpholine rings is 1. The number of aliphatic hydroxyl groups excluding tert-OH is 1. The molecule has 1 fully saturated rings. The van der Waals surface area contributed by atoms with Crippen LogP contribution in [0, 0.1) is 0 Å². The van der Waals surface area contributed by atoms with Gasteiger partial charge in [-0.15, -0.1) is 0 Å². The third kappa shape index (κ3) is 2.61. The lowest BCUT2D eigenvalue weighted by Gasteiger charge is -2.33. The van der Waals surface area contributed by atoms with Crippen molar-refractivity contribution >= 4 is 28.9 Å². The first-order chi connectivity index (χ1) is 7.70. The average molecular weight is 262 g/mol. The minimum atomic E-state index is -0.122. The van der Waals surface area contributed by atoms with Gasteiger partial charge in [0.15, 0.2) is 0 Å². The molecule has 1 unspecified atom stereocenters. The summed E-state index contributed by atoms with van der Waals surface area (Å²) in [6, 6.07) is 5.54. The molecule has 5 heteroatoms. The maximum absolute atomic E-state index is 9.06. The summed E-state index contributed by atoms with van der Waals surface area (Å²) < 4.78 is 5.38. The first kappa shape index (κ1) is 12.0. The minimum absolute atomic E-state index is 0.0395. The predicted octanol–water partition coefficient (Wildman–Crippen LogP) is 2.19. The molecule has 1 saturated heterocycles. The van der Waals surface area contributed by atoms with Crippen LogP contribution in [0.25, 0.3) is 0 Å². The predicted molar refractivity (Wildman–Crippen MR) is 65.5 cm³/mol. The number of halogens is 2.